The van der Waals surface area contributed by atoms with Gasteiger partial charge in [-0.1, -0.05) is 40.9 Å². The van der Waals surface area contributed by atoms with Gasteiger partial charge in [-0.3, -0.25) is 4.79 Å². The van der Waals surface area contributed by atoms with Crippen LogP contribution in [0.5, 0.6) is 0 Å². The fourth-order valence-corrected chi connectivity index (χ4v) is 5.61. The van der Waals surface area contributed by atoms with Gasteiger partial charge in [-0.05, 0) is 48.7 Å². The number of piperidine rings is 1. The van der Waals surface area contributed by atoms with Crippen LogP contribution in [0.1, 0.15) is 18.4 Å². The first-order valence-electron chi connectivity index (χ1n) is 8.84. The number of sulfonamides is 1. The number of nitrogens with one attached hydrogen (secondary N) is 1. The predicted octanol–water partition coefficient (Wildman–Crippen LogP) is 4.50. The monoisotopic (exact) mass is 478 g/mol. The summed E-state index contributed by atoms with van der Waals surface area (Å²) in [4.78, 5) is 12.5. The van der Waals surface area contributed by atoms with Gasteiger partial charge in [0.1, 0.15) is 5.82 Å². The highest BCUT2D eigenvalue weighted by Gasteiger charge is 2.32. The maximum absolute atomic E-state index is 13.1. The Labute approximate surface area is 183 Å². The molecule has 3 rings (SSSR count). The van der Waals surface area contributed by atoms with Crippen molar-refractivity contribution in [2.24, 2.45) is 5.92 Å². The Morgan fingerprint density at radius 1 is 1.07 bits per heavy atom. The molecule has 1 amide bonds. The van der Waals surface area contributed by atoms with E-state index >= 15 is 0 Å². The summed E-state index contributed by atoms with van der Waals surface area (Å²) < 4.78 is 40.0. The van der Waals surface area contributed by atoms with Crippen molar-refractivity contribution in [3.05, 3.63) is 62.8 Å². The van der Waals surface area contributed by atoms with Crippen LogP contribution in [0.4, 0.5) is 4.39 Å². The molecular formula is C19H18Cl3FN2O3S. The molecule has 0 atom stereocenters. The number of rotatable bonds is 5. The number of nitrogens with zero attached hydrogens (tertiary/aromatic N) is 1. The van der Waals surface area contributed by atoms with Crippen LogP contribution in [0.15, 0.2) is 41.3 Å². The number of carbonyl (C=O) groups is 1. The van der Waals surface area contributed by atoms with Crippen molar-refractivity contribution >= 4 is 50.7 Å². The van der Waals surface area contributed by atoms with Crippen LogP contribution in [0.3, 0.4) is 0 Å². The number of carbonyl (C=O) groups excluding carboxylic acids is 1. The zero-order chi connectivity index (χ0) is 21.2. The van der Waals surface area contributed by atoms with E-state index in [9.17, 15) is 17.6 Å². The van der Waals surface area contributed by atoms with E-state index in [1.807, 2.05) is 0 Å². The van der Waals surface area contributed by atoms with Gasteiger partial charge in [-0.2, -0.15) is 4.31 Å². The number of halogens is 4. The Kier molecular flexibility index (Phi) is 7.06. The molecule has 1 N–H and O–H groups in total. The molecule has 1 fully saturated rings. The predicted molar refractivity (Wildman–Crippen MR) is 111 cm³/mol. The number of hydrogen-bond donors (Lipinski definition) is 1. The van der Waals surface area contributed by atoms with Gasteiger partial charge in [0.15, 0.2) is 0 Å². The second kappa shape index (κ2) is 9.18. The molecule has 1 saturated heterocycles. The third-order valence-corrected chi connectivity index (χ3v) is 7.43. The molecule has 2 aromatic rings. The highest BCUT2D eigenvalue weighted by Crippen LogP contribution is 2.28. The van der Waals surface area contributed by atoms with Crippen LogP contribution in [-0.2, 0) is 21.4 Å². The molecule has 0 aromatic heterocycles. The van der Waals surface area contributed by atoms with E-state index in [1.165, 1.54) is 40.7 Å². The maximum Gasteiger partial charge on any atom is 0.243 e. The smallest absolute Gasteiger partial charge is 0.243 e. The summed E-state index contributed by atoms with van der Waals surface area (Å²) >= 11 is 17.8. The highest BCUT2D eigenvalue weighted by atomic mass is 35.5. The van der Waals surface area contributed by atoms with E-state index in [-0.39, 0.29) is 51.4 Å². The lowest BCUT2D eigenvalue weighted by Gasteiger charge is -2.30. The summed E-state index contributed by atoms with van der Waals surface area (Å²) in [6.07, 6.45) is 0.771. The number of benzene rings is 2. The molecule has 1 aliphatic rings. The van der Waals surface area contributed by atoms with E-state index < -0.39 is 15.8 Å². The molecule has 1 heterocycles. The van der Waals surface area contributed by atoms with Gasteiger partial charge in [0.05, 0.1) is 4.90 Å². The lowest BCUT2D eigenvalue weighted by molar-refractivity contribution is -0.126. The van der Waals surface area contributed by atoms with Crippen molar-refractivity contribution < 1.29 is 17.6 Å². The van der Waals surface area contributed by atoms with Crippen molar-refractivity contribution in [2.75, 3.05) is 13.1 Å². The first kappa shape index (κ1) is 22.3. The molecule has 0 aliphatic carbocycles. The van der Waals surface area contributed by atoms with E-state index in [2.05, 4.69) is 5.32 Å². The molecule has 0 radical (unpaired) electrons. The Morgan fingerprint density at radius 3 is 2.28 bits per heavy atom. The van der Waals surface area contributed by atoms with Crippen molar-refractivity contribution in [1.82, 2.24) is 9.62 Å². The minimum Gasteiger partial charge on any atom is -0.352 e. The molecule has 0 bridgehead atoms. The summed E-state index contributed by atoms with van der Waals surface area (Å²) in [5, 5.41) is 3.50. The van der Waals surface area contributed by atoms with Crippen molar-refractivity contribution in [1.29, 1.82) is 0 Å². The van der Waals surface area contributed by atoms with Crippen LogP contribution >= 0.6 is 34.8 Å². The Morgan fingerprint density at radius 2 is 1.69 bits per heavy atom. The molecule has 156 valence electrons. The third-order valence-electron chi connectivity index (χ3n) is 4.77. The quantitative estimate of drug-likeness (QED) is 0.686. The second-order valence-electron chi connectivity index (χ2n) is 6.74. The average Bonchev–Trinajstić information content (AvgIpc) is 2.66. The van der Waals surface area contributed by atoms with Crippen LogP contribution in [-0.4, -0.2) is 31.7 Å². The lowest BCUT2D eigenvalue weighted by atomic mass is 9.97. The van der Waals surface area contributed by atoms with Crippen LogP contribution in [0, 0.1) is 11.7 Å². The minimum atomic E-state index is -3.74. The summed E-state index contributed by atoms with van der Waals surface area (Å²) in [6.45, 7) is 0.598. The van der Waals surface area contributed by atoms with E-state index in [1.54, 1.807) is 0 Å². The number of hydrogen-bond acceptors (Lipinski definition) is 3. The largest absolute Gasteiger partial charge is 0.352 e. The standard InChI is InChI=1S/C19H18Cl3FN2O3S/c20-14-7-15(21)9-17(8-14)29(27,28)25-5-3-12(4-6-25)19(26)24-11-13-1-2-16(23)10-18(13)22/h1-2,7-10,12H,3-6,11H2,(H,24,26). The maximum atomic E-state index is 13.1. The van der Waals surface area contributed by atoms with Gasteiger partial charge in [0.25, 0.3) is 0 Å². The summed E-state index contributed by atoms with van der Waals surface area (Å²) in [7, 11) is -3.74. The average molecular weight is 480 g/mol. The van der Waals surface area contributed by atoms with Crippen molar-refractivity contribution in [3.8, 4) is 0 Å². The van der Waals surface area contributed by atoms with Crippen molar-refractivity contribution in [2.45, 2.75) is 24.3 Å². The lowest BCUT2D eigenvalue weighted by Crippen LogP contribution is -2.42. The zero-order valence-electron chi connectivity index (χ0n) is 15.2. The van der Waals surface area contributed by atoms with E-state index in [4.69, 9.17) is 34.8 Å². The molecule has 1 aliphatic heterocycles. The Balaban J connectivity index is 1.58. The second-order valence-corrected chi connectivity index (χ2v) is 9.96. The molecule has 29 heavy (non-hydrogen) atoms. The molecule has 0 unspecified atom stereocenters. The van der Waals surface area contributed by atoms with Crippen molar-refractivity contribution in [3.63, 3.8) is 0 Å². The van der Waals surface area contributed by atoms with Crippen LogP contribution in [0.25, 0.3) is 0 Å². The van der Waals surface area contributed by atoms with Gasteiger partial charge in [-0.25, -0.2) is 12.8 Å². The highest BCUT2D eigenvalue weighted by molar-refractivity contribution is 7.89. The first-order valence-corrected chi connectivity index (χ1v) is 11.4. The summed E-state index contributed by atoms with van der Waals surface area (Å²) in [5.41, 5.74) is 0.610. The normalized spacial score (nSPS) is 16.0. The Bertz CT molecular complexity index is 1010. The fraction of sp³-hybridized carbons (Fsp3) is 0.316. The molecular weight excluding hydrogens is 462 g/mol. The minimum absolute atomic E-state index is 0.0313. The van der Waals surface area contributed by atoms with Crippen LogP contribution in [0.2, 0.25) is 15.1 Å². The summed E-state index contributed by atoms with van der Waals surface area (Å²) in [6, 6.07) is 8.16. The topological polar surface area (TPSA) is 66.5 Å². The molecule has 0 saturated carbocycles. The fourth-order valence-electron chi connectivity index (χ4n) is 3.18. The summed E-state index contributed by atoms with van der Waals surface area (Å²) in [5.74, 6) is -0.948. The van der Waals surface area contributed by atoms with Crippen LogP contribution < -0.4 is 5.32 Å². The first-order chi connectivity index (χ1) is 13.7. The number of amides is 1. The van der Waals surface area contributed by atoms with Gasteiger partial charge in [-0.15, -0.1) is 0 Å². The SMILES string of the molecule is O=C(NCc1ccc(F)cc1Cl)C1CCN(S(=O)(=O)c2cc(Cl)cc(Cl)c2)CC1. The van der Waals surface area contributed by atoms with Gasteiger partial charge >= 0.3 is 0 Å². The Hall–Kier alpha value is -1.38. The third kappa shape index (κ3) is 5.41. The molecule has 2 aromatic carbocycles. The molecule has 10 heteroatoms. The molecule has 5 nitrogen and oxygen atoms in total. The van der Waals surface area contributed by atoms with E-state index in [0.29, 0.717) is 18.4 Å². The zero-order valence-corrected chi connectivity index (χ0v) is 18.3. The van der Waals surface area contributed by atoms with Gasteiger partial charge < -0.3 is 5.32 Å². The van der Waals surface area contributed by atoms with E-state index in [0.717, 1.165) is 0 Å². The van der Waals surface area contributed by atoms with Gasteiger partial charge in [0.2, 0.25) is 15.9 Å². The van der Waals surface area contributed by atoms with Gasteiger partial charge in [0, 0.05) is 40.6 Å². The molecule has 0 spiro atoms.